The third kappa shape index (κ3) is 3.13. The molecule has 68 valence electrons. The Morgan fingerprint density at radius 2 is 2.50 bits per heavy atom. The van der Waals surface area contributed by atoms with Crippen molar-refractivity contribution in [1.82, 2.24) is 4.98 Å². The number of aryl methyl sites for hydroxylation is 1. The monoisotopic (exact) mass is 202 g/mol. The smallest absolute Gasteiger partial charge is 0.150 e. The van der Waals surface area contributed by atoms with Gasteiger partial charge in [-0.2, -0.15) is 0 Å². The molecule has 1 aromatic rings. The van der Waals surface area contributed by atoms with Gasteiger partial charge in [0.2, 0.25) is 0 Å². The van der Waals surface area contributed by atoms with Gasteiger partial charge in [0, 0.05) is 22.9 Å². The minimum absolute atomic E-state index is 0.305. The fourth-order valence-electron chi connectivity index (χ4n) is 0.695. The van der Waals surface area contributed by atoms with Crippen molar-refractivity contribution in [2.45, 2.75) is 30.6 Å². The Morgan fingerprint density at radius 3 is 3.00 bits per heavy atom. The van der Waals surface area contributed by atoms with Crippen molar-refractivity contribution < 1.29 is 0 Å². The maximum atomic E-state index is 5.78. The van der Waals surface area contributed by atoms with E-state index in [1.165, 1.54) is 0 Å². The fourth-order valence-corrected chi connectivity index (χ4v) is 2.64. The van der Waals surface area contributed by atoms with E-state index < -0.39 is 0 Å². The van der Waals surface area contributed by atoms with E-state index in [1.54, 1.807) is 23.1 Å². The van der Waals surface area contributed by atoms with Gasteiger partial charge in [-0.05, 0) is 13.3 Å². The summed E-state index contributed by atoms with van der Waals surface area (Å²) in [4.78, 5) is 4.34. The summed E-state index contributed by atoms with van der Waals surface area (Å²) in [5, 5.41) is 2.07. The fraction of sp³-hybridized carbons (Fsp3) is 0.625. The summed E-state index contributed by atoms with van der Waals surface area (Å²) in [6, 6.07) is 0.305. The molecule has 0 aliphatic carbocycles. The number of hydrogen-bond acceptors (Lipinski definition) is 4. The SMILES string of the molecule is CC[C@H](N)CSc1nc(C)cs1. The molecule has 0 aliphatic rings. The molecule has 0 aromatic carbocycles. The summed E-state index contributed by atoms with van der Waals surface area (Å²) in [6.07, 6.45) is 1.04. The van der Waals surface area contributed by atoms with Crippen molar-refractivity contribution in [1.29, 1.82) is 0 Å². The first-order valence-corrected chi connectivity index (χ1v) is 5.89. The molecule has 0 spiro atoms. The van der Waals surface area contributed by atoms with Gasteiger partial charge in [-0.15, -0.1) is 11.3 Å². The standard InChI is InChI=1S/C8H14N2S2/c1-3-7(9)5-12-8-10-6(2)4-11-8/h4,7H,3,5,9H2,1-2H3/t7-/m0/s1. The average molecular weight is 202 g/mol. The van der Waals surface area contributed by atoms with E-state index in [1.807, 2.05) is 6.92 Å². The normalized spacial score (nSPS) is 13.2. The molecule has 0 fully saturated rings. The topological polar surface area (TPSA) is 38.9 Å². The van der Waals surface area contributed by atoms with Crippen LogP contribution >= 0.6 is 23.1 Å². The molecule has 1 atom stereocenters. The summed E-state index contributed by atoms with van der Waals surface area (Å²) in [5.41, 5.74) is 6.89. The van der Waals surface area contributed by atoms with Crippen LogP contribution < -0.4 is 5.73 Å². The van der Waals surface area contributed by atoms with Gasteiger partial charge >= 0.3 is 0 Å². The molecule has 1 rings (SSSR count). The second-order valence-electron chi connectivity index (χ2n) is 2.73. The Bertz CT molecular complexity index is 235. The zero-order valence-corrected chi connectivity index (χ0v) is 9.04. The molecule has 0 bridgehead atoms. The maximum absolute atomic E-state index is 5.78. The number of thioether (sulfide) groups is 1. The van der Waals surface area contributed by atoms with Crippen LogP contribution in [0.3, 0.4) is 0 Å². The lowest BCUT2D eigenvalue weighted by atomic mass is 10.3. The van der Waals surface area contributed by atoms with Crippen molar-refractivity contribution in [2.75, 3.05) is 5.75 Å². The summed E-state index contributed by atoms with van der Waals surface area (Å²) in [6.45, 7) is 4.12. The van der Waals surface area contributed by atoms with Gasteiger partial charge in [-0.3, -0.25) is 0 Å². The van der Waals surface area contributed by atoms with Crippen molar-refractivity contribution in [3.63, 3.8) is 0 Å². The van der Waals surface area contributed by atoms with Crippen LogP contribution in [0, 0.1) is 6.92 Å². The Hall–Kier alpha value is -0.0600. The molecule has 2 nitrogen and oxygen atoms in total. The van der Waals surface area contributed by atoms with E-state index in [0.29, 0.717) is 6.04 Å². The zero-order valence-electron chi connectivity index (χ0n) is 7.41. The number of aromatic nitrogens is 1. The lowest BCUT2D eigenvalue weighted by molar-refractivity contribution is 0.724. The number of nitrogens with two attached hydrogens (primary N) is 1. The van der Waals surface area contributed by atoms with Gasteiger partial charge in [-0.25, -0.2) is 4.98 Å². The van der Waals surface area contributed by atoms with Crippen LogP contribution in [0.4, 0.5) is 0 Å². The first kappa shape index (κ1) is 10.0. The van der Waals surface area contributed by atoms with E-state index in [9.17, 15) is 0 Å². The molecular weight excluding hydrogens is 188 g/mol. The van der Waals surface area contributed by atoms with E-state index >= 15 is 0 Å². The molecule has 0 radical (unpaired) electrons. The van der Waals surface area contributed by atoms with E-state index in [-0.39, 0.29) is 0 Å². The maximum Gasteiger partial charge on any atom is 0.150 e. The summed E-state index contributed by atoms with van der Waals surface area (Å²) < 4.78 is 1.14. The molecular formula is C8H14N2S2. The third-order valence-corrected chi connectivity index (χ3v) is 3.87. The van der Waals surface area contributed by atoms with Gasteiger partial charge < -0.3 is 5.73 Å². The molecule has 0 amide bonds. The van der Waals surface area contributed by atoms with Crippen LogP contribution in [0.25, 0.3) is 0 Å². The van der Waals surface area contributed by atoms with Gasteiger partial charge in [0.05, 0.1) is 0 Å². The first-order chi connectivity index (χ1) is 5.72. The molecule has 1 aromatic heterocycles. The number of nitrogens with zero attached hydrogens (tertiary/aromatic N) is 1. The van der Waals surface area contributed by atoms with E-state index in [4.69, 9.17) is 5.73 Å². The highest BCUT2D eigenvalue weighted by Gasteiger charge is 2.03. The molecule has 0 saturated carbocycles. The molecule has 1 heterocycles. The molecule has 0 unspecified atom stereocenters. The number of thiazole rings is 1. The van der Waals surface area contributed by atoms with Crippen molar-refractivity contribution in [3.8, 4) is 0 Å². The van der Waals surface area contributed by atoms with Gasteiger partial charge in [0.15, 0.2) is 0 Å². The van der Waals surface area contributed by atoms with Gasteiger partial charge in [0.1, 0.15) is 4.34 Å². The van der Waals surface area contributed by atoms with Crippen molar-refractivity contribution in [3.05, 3.63) is 11.1 Å². The highest BCUT2D eigenvalue weighted by molar-refractivity contribution is 8.01. The Morgan fingerprint density at radius 1 is 1.75 bits per heavy atom. The van der Waals surface area contributed by atoms with Gasteiger partial charge in [0.25, 0.3) is 0 Å². The molecule has 0 aliphatic heterocycles. The predicted molar refractivity (Wildman–Crippen MR) is 55.8 cm³/mol. The Kier molecular flexibility index (Phi) is 4.05. The van der Waals surface area contributed by atoms with Crippen LogP contribution in [-0.2, 0) is 0 Å². The minimum Gasteiger partial charge on any atom is -0.327 e. The third-order valence-electron chi connectivity index (χ3n) is 1.54. The second kappa shape index (κ2) is 4.84. The van der Waals surface area contributed by atoms with E-state index in [2.05, 4.69) is 17.3 Å². The lowest BCUT2D eigenvalue weighted by Crippen LogP contribution is -2.21. The zero-order chi connectivity index (χ0) is 8.97. The Labute approximate surface area is 81.6 Å². The number of hydrogen-bond donors (Lipinski definition) is 1. The largest absolute Gasteiger partial charge is 0.327 e. The Balaban J connectivity index is 2.33. The predicted octanol–water partition coefficient (Wildman–Crippen LogP) is 2.28. The van der Waals surface area contributed by atoms with E-state index in [0.717, 1.165) is 22.2 Å². The summed E-state index contributed by atoms with van der Waals surface area (Å²) in [7, 11) is 0. The van der Waals surface area contributed by atoms with Crippen LogP contribution in [-0.4, -0.2) is 16.8 Å². The van der Waals surface area contributed by atoms with Crippen molar-refractivity contribution in [2.24, 2.45) is 5.73 Å². The summed E-state index contributed by atoms with van der Waals surface area (Å²) in [5.74, 6) is 0.976. The number of rotatable bonds is 4. The first-order valence-electron chi connectivity index (χ1n) is 4.03. The van der Waals surface area contributed by atoms with Crippen LogP contribution in [0.15, 0.2) is 9.72 Å². The molecule has 0 saturated heterocycles. The lowest BCUT2D eigenvalue weighted by Gasteiger charge is -2.04. The van der Waals surface area contributed by atoms with Crippen LogP contribution in [0.1, 0.15) is 19.0 Å². The van der Waals surface area contributed by atoms with Crippen LogP contribution in [0.5, 0.6) is 0 Å². The average Bonchev–Trinajstić information content (AvgIpc) is 2.47. The molecule has 4 heteroatoms. The van der Waals surface area contributed by atoms with Gasteiger partial charge in [-0.1, -0.05) is 18.7 Å². The molecule has 2 N–H and O–H groups in total. The quantitative estimate of drug-likeness (QED) is 0.761. The van der Waals surface area contributed by atoms with Crippen molar-refractivity contribution >= 4 is 23.1 Å². The minimum atomic E-state index is 0.305. The highest BCUT2D eigenvalue weighted by Crippen LogP contribution is 2.22. The highest BCUT2D eigenvalue weighted by atomic mass is 32.2. The molecule has 12 heavy (non-hydrogen) atoms. The van der Waals surface area contributed by atoms with Crippen LogP contribution in [0.2, 0.25) is 0 Å². The summed E-state index contributed by atoms with van der Waals surface area (Å²) >= 11 is 3.45. The second-order valence-corrected chi connectivity index (χ2v) is 4.86.